The van der Waals surface area contributed by atoms with Gasteiger partial charge in [0, 0.05) is 6.04 Å². The Kier molecular flexibility index (Phi) is 7.61. The summed E-state index contributed by atoms with van der Waals surface area (Å²) in [6, 6.07) is 15.9. The summed E-state index contributed by atoms with van der Waals surface area (Å²) in [5.74, 6) is -0.0770. The van der Waals surface area contributed by atoms with Crippen LogP contribution in [-0.2, 0) is 0 Å². The van der Waals surface area contributed by atoms with E-state index in [2.05, 4.69) is 26.1 Å². The van der Waals surface area contributed by atoms with Crippen LogP contribution in [0.25, 0.3) is 16.3 Å². The fraction of sp³-hybridized carbons (Fsp3) is 0.391. The van der Waals surface area contributed by atoms with Gasteiger partial charge in [-0.15, -0.1) is 11.3 Å². The number of rotatable bonds is 10. The Morgan fingerprint density at radius 3 is 2.59 bits per heavy atom. The molecule has 0 radical (unpaired) electrons. The van der Waals surface area contributed by atoms with Crippen molar-refractivity contribution in [2.45, 2.75) is 39.7 Å². The number of para-hydroxylation sites is 1. The fourth-order valence-electron chi connectivity index (χ4n) is 3.49. The SMILES string of the molecule is CC[NH+](CC)CCC[C@H](C)NC(=O)c1cc(-c2cccs2)nn1-c1ccccc1. The summed E-state index contributed by atoms with van der Waals surface area (Å²) in [7, 11) is 0. The largest absolute Gasteiger partial charge is 0.348 e. The van der Waals surface area contributed by atoms with Crippen molar-refractivity contribution in [2.75, 3.05) is 19.6 Å². The number of quaternary nitrogens is 1. The lowest BCUT2D eigenvalue weighted by atomic mass is 10.1. The number of benzene rings is 1. The first-order chi connectivity index (χ1) is 14.1. The molecule has 6 heteroatoms. The van der Waals surface area contributed by atoms with E-state index < -0.39 is 0 Å². The maximum atomic E-state index is 13.1. The highest BCUT2D eigenvalue weighted by molar-refractivity contribution is 7.13. The first kappa shape index (κ1) is 21.3. The number of aromatic nitrogens is 2. The molecule has 29 heavy (non-hydrogen) atoms. The van der Waals surface area contributed by atoms with Crippen LogP contribution in [0.15, 0.2) is 53.9 Å². The standard InChI is InChI=1S/C23H30N4OS/c1-4-26(5-2)15-9-11-18(3)24-23(28)21-17-20(22-14-10-16-29-22)25-27(21)19-12-7-6-8-13-19/h6-8,10,12-14,16-18H,4-5,9,11,15H2,1-3H3,(H,24,28)/p+1/t18-/m0/s1. The van der Waals surface area contributed by atoms with E-state index in [-0.39, 0.29) is 11.9 Å². The van der Waals surface area contributed by atoms with Crippen molar-refractivity contribution in [3.63, 3.8) is 0 Å². The summed E-state index contributed by atoms with van der Waals surface area (Å²) in [6.45, 7) is 9.98. The summed E-state index contributed by atoms with van der Waals surface area (Å²) in [5, 5.41) is 9.92. The van der Waals surface area contributed by atoms with Crippen LogP contribution >= 0.6 is 11.3 Å². The lowest BCUT2D eigenvalue weighted by molar-refractivity contribution is -0.896. The van der Waals surface area contributed by atoms with Crippen LogP contribution in [0, 0.1) is 0 Å². The molecule has 3 aromatic rings. The predicted molar refractivity (Wildman–Crippen MR) is 120 cm³/mol. The minimum absolute atomic E-state index is 0.0770. The van der Waals surface area contributed by atoms with Crippen molar-refractivity contribution in [2.24, 2.45) is 0 Å². The molecule has 154 valence electrons. The molecule has 2 heterocycles. The molecule has 0 saturated heterocycles. The third-order valence-corrected chi connectivity index (χ3v) is 6.15. The van der Waals surface area contributed by atoms with E-state index in [0.717, 1.165) is 48.7 Å². The molecule has 0 spiro atoms. The molecular formula is C23H31N4OS+. The Morgan fingerprint density at radius 2 is 1.93 bits per heavy atom. The van der Waals surface area contributed by atoms with Crippen molar-refractivity contribution in [3.8, 4) is 16.3 Å². The van der Waals surface area contributed by atoms with Gasteiger partial charge < -0.3 is 10.2 Å². The van der Waals surface area contributed by atoms with Crippen molar-refractivity contribution < 1.29 is 9.69 Å². The average molecular weight is 412 g/mol. The average Bonchev–Trinajstić information content (AvgIpc) is 3.41. The van der Waals surface area contributed by atoms with Gasteiger partial charge in [-0.25, -0.2) is 4.68 Å². The number of hydrogen-bond acceptors (Lipinski definition) is 3. The smallest absolute Gasteiger partial charge is 0.270 e. The van der Waals surface area contributed by atoms with E-state index in [1.54, 1.807) is 20.9 Å². The molecule has 0 aliphatic rings. The molecule has 3 rings (SSSR count). The van der Waals surface area contributed by atoms with Gasteiger partial charge in [0.2, 0.25) is 0 Å². The number of carbonyl (C=O) groups excluding carboxylic acids is 1. The molecule has 1 atom stereocenters. The molecule has 2 N–H and O–H groups in total. The van der Waals surface area contributed by atoms with Crippen molar-refractivity contribution in [1.82, 2.24) is 15.1 Å². The number of thiophene rings is 1. The van der Waals surface area contributed by atoms with Gasteiger partial charge in [0.15, 0.2) is 0 Å². The number of nitrogens with one attached hydrogen (secondary N) is 2. The molecule has 0 aliphatic heterocycles. The van der Waals surface area contributed by atoms with Crippen LogP contribution < -0.4 is 10.2 Å². The molecule has 0 aliphatic carbocycles. The highest BCUT2D eigenvalue weighted by Gasteiger charge is 2.19. The van der Waals surface area contributed by atoms with Gasteiger partial charge in [-0.1, -0.05) is 24.3 Å². The fourth-order valence-corrected chi connectivity index (χ4v) is 4.17. The van der Waals surface area contributed by atoms with E-state index in [1.807, 2.05) is 53.9 Å². The van der Waals surface area contributed by atoms with E-state index in [1.165, 1.54) is 0 Å². The van der Waals surface area contributed by atoms with Crippen molar-refractivity contribution in [3.05, 3.63) is 59.6 Å². The Bertz CT molecular complexity index is 885. The van der Waals surface area contributed by atoms with Crippen LogP contribution in [0.5, 0.6) is 0 Å². The summed E-state index contributed by atoms with van der Waals surface area (Å²) < 4.78 is 1.75. The molecule has 0 bridgehead atoms. The molecule has 1 aromatic carbocycles. The second-order valence-corrected chi connectivity index (χ2v) is 8.31. The van der Waals surface area contributed by atoms with Gasteiger partial charge in [0.25, 0.3) is 5.91 Å². The number of hydrogen-bond donors (Lipinski definition) is 2. The Hall–Kier alpha value is -2.44. The second-order valence-electron chi connectivity index (χ2n) is 7.36. The zero-order chi connectivity index (χ0) is 20.6. The van der Waals surface area contributed by atoms with Gasteiger partial charge in [-0.2, -0.15) is 5.10 Å². The molecule has 5 nitrogen and oxygen atoms in total. The molecule has 0 fully saturated rings. The maximum Gasteiger partial charge on any atom is 0.270 e. The Morgan fingerprint density at radius 1 is 1.17 bits per heavy atom. The van der Waals surface area contributed by atoms with Crippen LogP contribution in [0.4, 0.5) is 0 Å². The van der Waals surface area contributed by atoms with E-state index in [9.17, 15) is 4.79 Å². The predicted octanol–water partition coefficient (Wildman–Crippen LogP) is 3.42. The third-order valence-electron chi connectivity index (χ3n) is 5.26. The highest BCUT2D eigenvalue weighted by atomic mass is 32.1. The van der Waals surface area contributed by atoms with Gasteiger partial charge in [-0.3, -0.25) is 4.79 Å². The van der Waals surface area contributed by atoms with Crippen LogP contribution in [0.2, 0.25) is 0 Å². The molecular weight excluding hydrogens is 380 g/mol. The number of nitrogens with zero attached hydrogens (tertiary/aromatic N) is 2. The van der Waals surface area contributed by atoms with Crippen LogP contribution in [-0.4, -0.2) is 41.4 Å². The summed E-state index contributed by atoms with van der Waals surface area (Å²) in [6.07, 6.45) is 2.09. The van der Waals surface area contributed by atoms with Gasteiger partial charge >= 0.3 is 0 Å². The lowest BCUT2D eigenvalue weighted by Gasteiger charge is -2.18. The lowest BCUT2D eigenvalue weighted by Crippen LogP contribution is -3.11. The normalized spacial score (nSPS) is 12.3. The maximum absolute atomic E-state index is 13.1. The highest BCUT2D eigenvalue weighted by Crippen LogP contribution is 2.25. The van der Waals surface area contributed by atoms with Gasteiger partial charge in [0.05, 0.1) is 30.2 Å². The first-order valence-electron chi connectivity index (χ1n) is 10.5. The molecule has 0 saturated carbocycles. The summed E-state index contributed by atoms with van der Waals surface area (Å²) in [4.78, 5) is 15.7. The van der Waals surface area contributed by atoms with Crippen LogP contribution in [0.1, 0.15) is 44.1 Å². The van der Waals surface area contributed by atoms with Gasteiger partial charge in [-0.05, 0) is 63.3 Å². The van der Waals surface area contributed by atoms with Crippen molar-refractivity contribution >= 4 is 17.2 Å². The summed E-state index contributed by atoms with van der Waals surface area (Å²) in [5.41, 5.74) is 2.28. The topological polar surface area (TPSA) is 51.4 Å². The monoisotopic (exact) mass is 411 g/mol. The van der Waals surface area contributed by atoms with Crippen molar-refractivity contribution in [1.29, 1.82) is 0 Å². The Labute approximate surface area is 177 Å². The minimum Gasteiger partial charge on any atom is -0.348 e. The quantitative estimate of drug-likeness (QED) is 0.537. The molecule has 0 unspecified atom stereocenters. The minimum atomic E-state index is -0.0770. The second kappa shape index (κ2) is 10.4. The van der Waals surface area contributed by atoms with E-state index >= 15 is 0 Å². The number of amides is 1. The first-order valence-corrected chi connectivity index (χ1v) is 11.3. The molecule has 1 amide bonds. The van der Waals surface area contributed by atoms with Gasteiger partial charge in [0.1, 0.15) is 11.4 Å². The van der Waals surface area contributed by atoms with E-state index in [0.29, 0.717) is 5.69 Å². The zero-order valence-corrected chi connectivity index (χ0v) is 18.3. The number of carbonyl (C=O) groups is 1. The zero-order valence-electron chi connectivity index (χ0n) is 17.5. The van der Waals surface area contributed by atoms with Crippen LogP contribution in [0.3, 0.4) is 0 Å². The summed E-state index contributed by atoms with van der Waals surface area (Å²) >= 11 is 1.63. The van der Waals surface area contributed by atoms with E-state index in [4.69, 9.17) is 5.10 Å². The third kappa shape index (κ3) is 5.55. The molecule has 2 aromatic heterocycles. The Balaban J connectivity index is 1.73.